The number of amidine groups is 1. The number of pyridine rings is 1. The van der Waals surface area contributed by atoms with Crippen LogP contribution in [0.3, 0.4) is 0 Å². The maximum atomic E-state index is 11.5. The third-order valence-corrected chi connectivity index (χ3v) is 6.23. The first kappa shape index (κ1) is 21.1. The standard InChI is InChI=1S/C24H23N5O3S/c1-33(30,31)32-21-10-8-19(9-11-21)24(22-27-13-4-14-29(22)23(25)28-24)20-7-2-5-17(15-20)18-6-3-12-26-16-18/h2-3,5-12,15-16H,4,13-14H2,1H3,(H2,25,28). The van der Waals surface area contributed by atoms with E-state index in [4.69, 9.17) is 19.9 Å². The van der Waals surface area contributed by atoms with Crippen LogP contribution in [0.1, 0.15) is 17.5 Å². The van der Waals surface area contributed by atoms with Crippen LogP contribution in [-0.2, 0) is 15.7 Å². The Morgan fingerprint density at radius 1 is 1.03 bits per heavy atom. The van der Waals surface area contributed by atoms with Gasteiger partial charge in [0.1, 0.15) is 11.6 Å². The second-order valence-corrected chi connectivity index (χ2v) is 9.60. The van der Waals surface area contributed by atoms with Crippen molar-refractivity contribution in [1.82, 2.24) is 9.88 Å². The van der Waals surface area contributed by atoms with Crippen LogP contribution in [-0.4, -0.2) is 49.4 Å². The molecule has 3 aromatic rings. The number of aromatic nitrogens is 1. The van der Waals surface area contributed by atoms with Crippen molar-refractivity contribution in [2.75, 3.05) is 19.3 Å². The molecule has 9 heteroatoms. The first-order valence-electron chi connectivity index (χ1n) is 10.6. The van der Waals surface area contributed by atoms with Crippen molar-refractivity contribution in [1.29, 1.82) is 0 Å². The molecule has 0 saturated carbocycles. The number of nitrogens with two attached hydrogens (primary N) is 1. The van der Waals surface area contributed by atoms with Crippen LogP contribution >= 0.6 is 0 Å². The van der Waals surface area contributed by atoms with E-state index in [2.05, 4.69) is 11.1 Å². The Kier molecular flexibility index (Phi) is 5.13. The molecule has 0 radical (unpaired) electrons. The lowest BCUT2D eigenvalue weighted by molar-refractivity contribution is 0.492. The molecule has 168 valence electrons. The van der Waals surface area contributed by atoms with Crippen molar-refractivity contribution in [2.45, 2.75) is 12.0 Å². The van der Waals surface area contributed by atoms with Crippen LogP contribution in [0.25, 0.3) is 11.1 Å². The Bertz CT molecular complexity index is 1350. The predicted octanol–water partition coefficient (Wildman–Crippen LogP) is 2.76. The van der Waals surface area contributed by atoms with Gasteiger partial charge in [-0.2, -0.15) is 8.42 Å². The molecule has 0 aliphatic carbocycles. The van der Waals surface area contributed by atoms with Gasteiger partial charge < -0.3 is 9.92 Å². The van der Waals surface area contributed by atoms with Gasteiger partial charge in [-0.15, -0.1) is 0 Å². The van der Waals surface area contributed by atoms with Crippen LogP contribution in [0.4, 0.5) is 0 Å². The van der Waals surface area contributed by atoms with E-state index in [0.717, 1.165) is 47.3 Å². The maximum absolute atomic E-state index is 11.5. The Hall–Kier alpha value is -3.72. The van der Waals surface area contributed by atoms with Crippen LogP contribution in [0.15, 0.2) is 83.0 Å². The molecular formula is C24H23N5O3S. The maximum Gasteiger partial charge on any atom is 0.306 e. The van der Waals surface area contributed by atoms with Gasteiger partial charge in [-0.1, -0.05) is 36.4 Å². The third-order valence-electron chi connectivity index (χ3n) is 5.73. The summed E-state index contributed by atoms with van der Waals surface area (Å²) in [5.74, 6) is 1.42. The molecule has 1 atom stereocenters. The van der Waals surface area contributed by atoms with Crippen LogP contribution in [0, 0.1) is 0 Å². The monoisotopic (exact) mass is 461 g/mol. The number of benzene rings is 2. The first-order chi connectivity index (χ1) is 15.9. The number of hydrogen-bond acceptors (Lipinski definition) is 8. The van der Waals surface area contributed by atoms with Gasteiger partial charge in [0.15, 0.2) is 11.5 Å². The van der Waals surface area contributed by atoms with Crippen LogP contribution < -0.4 is 9.92 Å². The number of nitrogens with zero attached hydrogens (tertiary/aromatic N) is 4. The topological polar surface area (TPSA) is 110 Å². The minimum atomic E-state index is -3.63. The quantitative estimate of drug-likeness (QED) is 0.585. The highest BCUT2D eigenvalue weighted by Crippen LogP contribution is 2.42. The van der Waals surface area contributed by atoms with Crippen molar-refractivity contribution >= 4 is 21.9 Å². The second kappa shape index (κ2) is 8.00. The van der Waals surface area contributed by atoms with E-state index in [1.54, 1.807) is 18.3 Å². The number of guanidine groups is 1. The van der Waals surface area contributed by atoms with Gasteiger partial charge in [0.25, 0.3) is 0 Å². The molecular weight excluding hydrogens is 438 g/mol. The summed E-state index contributed by atoms with van der Waals surface area (Å²) in [6.07, 6.45) is 5.47. The van der Waals surface area contributed by atoms with Crippen LogP contribution in [0.5, 0.6) is 5.75 Å². The molecule has 0 bridgehead atoms. The van der Waals surface area contributed by atoms with Gasteiger partial charge in [0, 0.05) is 25.5 Å². The van der Waals surface area contributed by atoms with Crippen molar-refractivity contribution in [2.24, 2.45) is 15.7 Å². The molecule has 2 aliphatic rings. The van der Waals surface area contributed by atoms with Gasteiger partial charge in [0.2, 0.25) is 0 Å². The summed E-state index contributed by atoms with van der Waals surface area (Å²) in [5, 5.41) is 0. The van der Waals surface area contributed by atoms with Gasteiger partial charge in [0.05, 0.1) is 6.26 Å². The fraction of sp³-hybridized carbons (Fsp3) is 0.208. The highest BCUT2D eigenvalue weighted by atomic mass is 32.2. The summed E-state index contributed by atoms with van der Waals surface area (Å²) in [5.41, 5.74) is 9.15. The average molecular weight is 462 g/mol. The summed E-state index contributed by atoms with van der Waals surface area (Å²) < 4.78 is 28.1. The highest BCUT2D eigenvalue weighted by Gasteiger charge is 2.49. The summed E-state index contributed by atoms with van der Waals surface area (Å²) in [4.78, 5) is 16.0. The lowest BCUT2D eigenvalue weighted by Crippen LogP contribution is -2.46. The lowest BCUT2D eigenvalue weighted by Gasteiger charge is -2.33. The molecule has 2 aromatic carbocycles. The zero-order valence-corrected chi connectivity index (χ0v) is 18.9. The first-order valence-corrected chi connectivity index (χ1v) is 12.4. The minimum absolute atomic E-state index is 0.234. The summed E-state index contributed by atoms with van der Waals surface area (Å²) in [7, 11) is -3.63. The Labute approximate surface area is 192 Å². The van der Waals surface area contributed by atoms with E-state index in [0.29, 0.717) is 12.5 Å². The molecule has 0 amide bonds. The molecule has 0 spiro atoms. The molecule has 0 saturated heterocycles. The number of hydrogen-bond donors (Lipinski definition) is 1. The Morgan fingerprint density at radius 2 is 1.82 bits per heavy atom. The van der Waals surface area contributed by atoms with E-state index in [-0.39, 0.29) is 5.75 Å². The predicted molar refractivity (Wildman–Crippen MR) is 128 cm³/mol. The average Bonchev–Trinajstić information content (AvgIpc) is 3.13. The molecule has 0 fully saturated rings. The van der Waals surface area contributed by atoms with E-state index in [9.17, 15) is 8.42 Å². The van der Waals surface area contributed by atoms with Crippen molar-refractivity contribution in [3.05, 3.63) is 84.2 Å². The minimum Gasteiger partial charge on any atom is -0.383 e. The normalized spacial score (nSPS) is 20.1. The smallest absolute Gasteiger partial charge is 0.306 e. The zero-order valence-electron chi connectivity index (χ0n) is 18.0. The van der Waals surface area contributed by atoms with Gasteiger partial charge in [-0.25, -0.2) is 4.99 Å². The molecule has 5 rings (SSSR count). The number of aliphatic imine (C=N–C) groups is 2. The SMILES string of the molecule is CS(=O)(=O)Oc1ccc(C2(c3cccc(-c4cccnc4)c3)N=C(N)N3CCCN=C32)cc1. The zero-order chi connectivity index (χ0) is 23.1. The number of rotatable bonds is 5. The molecule has 1 unspecified atom stereocenters. The van der Waals surface area contributed by atoms with Gasteiger partial charge in [-0.05, 0) is 52.9 Å². The Balaban J connectivity index is 1.68. The molecule has 2 aliphatic heterocycles. The Morgan fingerprint density at radius 3 is 2.55 bits per heavy atom. The van der Waals surface area contributed by atoms with Crippen LogP contribution in [0.2, 0.25) is 0 Å². The molecule has 2 N–H and O–H groups in total. The van der Waals surface area contributed by atoms with E-state index in [1.807, 2.05) is 53.6 Å². The third kappa shape index (κ3) is 3.84. The lowest BCUT2D eigenvalue weighted by atomic mass is 9.81. The fourth-order valence-electron chi connectivity index (χ4n) is 4.36. The highest BCUT2D eigenvalue weighted by molar-refractivity contribution is 7.86. The van der Waals surface area contributed by atoms with E-state index >= 15 is 0 Å². The van der Waals surface area contributed by atoms with Gasteiger partial charge >= 0.3 is 10.1 Å². The molecule has 33 heavy (non-hydrogen) atoms. The second-order valence-electron chi connectivity index (χ2n) is 8.03. The summed E-state index contributed by atoms with van der Waals surface area (Å²) in [6.45, 7) is 1.43. The van der Waals surface area contributed by atoms with Gasteiger partial charge in [-0.3, -0.25) is 14.9 Å². The van der Waals surface area contributed by atoms with E-state index in [1.165, 1.54) is 0 Å². The largest absolute Gasteiger partial charge is 0.383 e. The van der Waals surface area contributed by atoms with Crippen molar-refractivity contribution in [3.8, 4) is 16.9 Å². The molecule has 1 aromatic heterocycles. The van der Waals surface area contributed by atoms with Crippen molar-refractivity contribution < 1.29 is 12.6 Å². The fourth-order valence-corrected chi connectivity index (χ4v) is 4.82. The van der Waals surface area contributed by atoms with Crippen molar-refractivity contribution in [3.63, 3.8) is 0 Å². The number of fused-ring (bicyclic) bond motifs is 1. The summed E-state index contributed by atoms with van der Waals surface area (Å²) in [6, 6.07) is 18.9. The van der Waals surface area contributed by atoms with E-state index < -0.39 is 15.7 Å². The summed E-state index contributed by atoms with van der Waals surface area (Å²) >= 11 is 0. The molecule has 3 heterocycles. The molecule has 8 nitrogen and oxygen atoms in total.